The van der Waals surface area contributed by atoms with E-state index in [-0.39, 0.29) is 5.60 Å². The number of hydrogen-bond acceptors (Lipinski definition) is 4. The molecule has 4 heteroatoms. The van der Waals surface area contributed by atoms with Crippen molar-refractivity contribution < 1.29 is 14.2 Å². The van der Waals surface area contributed by atoms with Gasteiger partial charge in [0.25, 0.3) is 0 Å². The van der Waals surface area contributed by atoms with Gasteiger partial charge < -0.3 is 19.5 Å². The van der Waals surface area contributed by atoms with Crippen molar-refractivity contribution in [1.29, 1.82) is 0 Å². The molecular formula is C16H29NO3. The number of nitrogens with one attached hydrogen (secondary N) is 1. The van der Waals surface area contributed by atoms with E-state index >= 15 is 0 Å². The first kappa shape index (κ1) is 14.8. The Morgan fingerprint density at radius 2 is 2.10 bits per heavy atom. The first-order valence-corrected chi connectivity index (χ1v) is 8.26. The number of methoxy groups -OCH3 is 1. The van der Waals surface area contributed by atoms with E-state index in [2.05, 4.69) is 12.2 Å². The van der Waals surface area contributed by atoms with E-state index in [1.807, 2.05) is 7.11 Å². The minimum atomic E-state index is -0.00156. The summed E-state index contributed by atoms with van der Waals surface area (Å²) in [5.74, 6) is 1.42. The van der Waals surface area contributed by atoms with Gasteiger partial charge in [0.2, 0.25) is 0 Å². The van der Waals surface area contributed by atoms with E-state index < -0.39 is 0 Å². The Hall–Kier alpha value is -0.160. The molecule has 1 saturated carbocycles. The van der Waals surface area contributed by atoms with E-state index in [1.165, 1.54) is 12.8 Å². The summed E-state index contributed by atoms with van der Waals surface area (Å²) in [5, 5.41) is 3.71. The molecule has 0 radical (unpaired) electrons. The largest absolute Gasteiger partial charge is 0.380 e. The van der Waals surface area contributed by atoms with Crippen molar-refractivity contribution in [2.45, 2.75) is 56.8 Å². The fraction of sp³-hybridized carbons (Fsp3) is 1.00. The smallest absolute Gasteiger partial charge is 0.0939 e. The van der Waals surface area contributed by atoms with Crippen LogP contribution in [0.3, 0.4) is 0 Å². The summed E-state index contributed by atoms with van der Waals surface area (Å²) >= 11 is 0. The molecule has 1 N–H and O–H groups in total. The van der Waals surface area contributed by atoms with Crippen LogP contribution in [0.5, 0.6) is 0 Å². The molecule has 0 aromatic rings. The molecule has 1 aliphatic carbocycles. The third-order valence-electron chi connectivity index (χ3n) is 5.26. The van der Waals surface area contributed by atoms with Crippen LogP contribution >= 0.6 is 0 Å². The van der Waals surface area contributed by atoms with Gasteiger partial charge in [0.1, 0.15) is 0 Å². The number of hydrogen-bond donors (Lipinski definition) is 1. The van der Waals surface area contributed by atoms with Gasteiger partial charge in [-0.1, -0.05) is 6.92 Å². The molecule has 4 unspecified atom stereocenters. The lowest BCUT2D eigenvalue weighted by molar-refractivity contribution is -0.112. The van der Waals surface area contributed by atoms with E-state index in [9.17, 15) is 0 Å². The van der Waals surface area contributed by atoms with Crippen molar-refractivity contribution in [3.63, 3.8) is 0 Å². The summed E-state index contributed by atoms with van der Waals surface area (Å²) in [6.07, 6.45) is 6.36. The summed E-state index contributed by atoms with van der Waals surface area (Å²) in [6.45, 7) is 5.72. The summed E-state index contributed by atoms with van der Waals surface area (Å²) < 4.78 is 17.5. The zero-order chi connectivity index (χ0) is 14.0. The fourth-order valence-electron chi connectivity index (χ4n) is 4.08. The molecule has 4 atom stereocenters. The van der Waals surface area contributed by atoms with E-state index in [4.69, 9.17) is 14.2 Å². The van der Waals surface area contributed by atoms with Crippen molar-refractivity contribution in [3.8, 4) is 0 Å². The average molecular weight is 283 g/mol. The zero-order valence-electron chi connectivity index (χ0n) is 12.9. The van der Waals surface area contributed by atoms with E-state index in [1.54, 1.807) is 0 Å². The topological polar surface area (TPSA) is 39.7 Å². The predicted molar refractivity (Wildman–Crippen MR) is 77.8 cm³/mol. The van der Waals surface area contributed by atoms with Gasteiger partial charge in [0.15, 0.2) is 0 Å². The maximum absolute atomic E-state index is 6.08. The van der Waals surface area contributed by atoms with Gasteiger partial charge in [-0.25, -0.2) is 0 Å². The highest BCUT2D eigenvalue weighted by atomic mass is 16.6. The van der Waals surface area contributed by atoms with Crippen LogP contribution < -0.4 is 5.32 Å². The van der Waals surface area contributed by atoms with E-state index in [0.717, 1.165) is 51.5 Å². The maximum Gasteiger partial charge on any atom is 0.0939 e. The monoisotopic (exact) mass is 283 g/mol. The van der Waals surface area contributed by atoms with Crippen molar-refractivity contribution in [2.24, 2.45) is 11.8 Å². The molecular weight excluding hydrogens is 254 g/mol. The average Bonchev–Trinajstić information content (AvgIpc) is 3.21. The highest BCUT2D eigenvalue weighted by molar-refractivity contribution is 4.99. The predicted octanol–water partition coefficient (Wildman–Crippen LogP) is 1.98. The minimum absolute atomic E-state index is 0.00156. The lowest BCUT2D eigenvalue weighted by Gasteiger charge is -2.42. The SMILES string of the molecule is CCNC(C1CCOC2(CCOC2)C1)C(OC)C1CC1. The summed E-state index contributed by atoms with van der Waals surface area (Å²) in [6, 6.07) is 0.471. The number of rotatable bonds is 6. The number of likely N-dealkylation sites (N-methyl/N-ethyl adjacent to an activating group) is 1. The van der Waals surface area contributed by atoms with Crippen LogP contribution in [0.4, 0.5) is 0 Å². The Morgan fingerprint density at radius 3 is 2.70 bits per heavy atom. The highest BCUT2D eigenvalue weighted by Gasteiger charge is 2.46. The molecule has 2 heterocycles. The Labute approximate surface area is 122 Å². The molecule has 116 valence electrons. The van der Waals surface area contributed by atoms with Gasteiger partial charge in [0, 0.05) is 32.8 Å². The van der Waals surface area contributed by atoms with Crippen molar-refractivity contribution in [2.75, 3.05) is 33.5 Å². The quantitative estimate of drug-likeness (QED) is 0.809. The van der Waals surface area contributed by atoms with Crippen LogP contribution in [0.25, 0.3) is 0 Å². The third-order valence-corrected chi connectivity index (χ3v) is 5.26. The maximum atomic E-state index is 6.08. The highest BCUT2D eigenvalue weighted by Crippen LogP contribution is 2.42. The molecule has 20 heavy (non-hydrogen) atoms. The summed E-state index contributed by atoms with van der Waals surface area (Å²) in [5.41, 5.74) is -0.00156. The second kappa shape index (κ2) is 6.30. The Bertz CT molecular complexity index is 313. The molecule has 2 aliphatic heterocycles. The van der Waals surface area contributed by atoms with Crippen LogP contribution in [0.15, 0.2) is 0 Å². The summed E-state index contributed by atoms with van der Waals surface area (Å²) in [7, 11) is 1.88. The normalized spacial score (nSPS) is 37.2. The van der Waals surface area contributed by atoms with E-state index in [0.29, 0.717) is 18.1 Å². The van der Waals surface area contributed by atoms with Crippen molar-refractivity contribution >= 4 is 0 Å². The molecule has 3 rings (SSSR count). The molecule has 2 saturated heterocycles. The van der Waals surface area contributed by atoms with Crippen molar-refractivity contribution in [3.05, 3.63) is 0 Å². The van der Waals surface area contributed by atoms with Crippen LogP contribution in [0.1, 0.15) is 39.0 Å². The van der Waals surface area contributed by atoms with Crippen LogP contribution in [0.2, 0.25) is 0 Å². The lowest BCUT2D eigenvalue weighted by atomic mass is 9.78. The van der Waals surface area contributed by atoms with Gasteiger partial charge in [-0.15, -0.1) is 0 Å². The molecule has 0 aromatic heterocycles. The Balaban J connectivity index is 1.69. The minimum Gasteiger partial charge on any atom is -0.380 e. The van der Waals surface area contributed by atoms with Gasteiger partial charge >= 0.3 is 0 Å². The van der Waals surface area contributed by atoms with Crippen LogP contribution in [-0.4, -0.2) is 51.2 Å². The molecule has 0 aromatic carbocycles. The zero-order valence-corrected chi connectivity index (χ0v) is 12.9. The Kier molecular flexibility index (Phi) is 4.65. The molecule has 3 fully saturated rings. The van der Waals surface area contributed by atoms with Gasteiger partial charge in [-0.2, -0.15) is 0 Å². The Morgan fingerprint density at radius 1 is 1.25 bits per heavy atom. The summed E-state index contributed by atoms with van der Waals surface area (Å²) in [4.78, 5) is 0. The first-order chi connectivity index (χ1) is 9.78. The lowest BCUT2D eigenvalue weighted by Crippen LogP contribution is -2.52. The second-order valence-corrected chi connectivity index (χ2v) is 6.71. The standard InChI is InChI=1S/C16H29NO3/c1-3-17-14(15(18-2)12-4-5-12)13-6-8-20-16(10-13)7-9-19-11-16/h12-15,17H,3-11H2,1-2H3. The van der Waals surface area contributed by atoms with Gasteiger partial charge in [0.05, 0.1) is 18.3 Å². The van der Waals surface area contributed by atoms with Crippen molar-refractivity contribution in [1.82, 2.24) is 5.32 Å². The van der Waals surface area contributed by atoms with Gasteiger partial charge in [-0.05, 0) is 44.1 Å². The first-order valence-electron chi connectivity index (χ1n) is 8.26. The molecule has 0 amide bonds. The van der Waals surface area contributed by atoms with Crippen LogP contribution in [-0.2, 0) is 14.2 Å². The molecule has 0 bridgehead atoms. The molecule has 4 nitrogen and oxygen atoms in total. The van der Waals surface area contributed by atoms with Crippen LogP contribution in [0, 0.1) is 11.8 Å². The second-order valence-electron chi connectivity index (χ2n) is 6.71. The third kappa shape index (κ3) is 3.03. The fourth-order valence-corrected chi connectivity index (χ4v) is 4.08. The molecule has 1 spiro atoms. The molecule has 3 aliphatic rings. The van der Waals surface area contributed by atoms with Gasteiger partial charge in [-0.3, -0.25) is 0 Å². The number of ether oxygens (including phenoxy) is 3.